The molecule has 0 saturated carbocycles. The second-order valence-corrected chi connectivity index (χ2v) is 3.13. The molecule has 4 N–H and O–H groups in total. The lowest BCUT2D eigenvalue weighted by Gasteiger charge is -2.11. The van der Waals surface area contributed by atoms with Gasteiger partial charge in [0.15, 0.2) is 0 Å². The smallest absolute Gasteiger partial charge is 0.128 e. The summed E-state index contributed by atoms with van der Waals surface area (Å²) in [7, 11) is 0. The normalized spacial score (nSPS) is 12.9. The highest BCUT2D eigenvalue weighted by Crippen LogP contribution is 2.17. The lowest BCUT2D eigenvalue weighted by atomic mass is 10.0. The molecule has 0 aromatic heterocycles. The fraction of sp³-hybridized carbons (Fsp3) is 0.400. The summed E-state index contributed by atoms with van der Waals surface area (Å²) >= 11 is 0. The Labute approximate surface area is 82.0 Å². The fourth-order valence-corrected chi connectivity index (χ4v) is 1.25. The molecule has 0 spiro atoms. The van der Waals surface area contributed by atoms with Crippen LogP contribution in [0.5, 0.6) is 0 Å². The van der Waals surface area contributed by atoms with Crippen LogP contribution in [0.15, 0.2) is 18.2 Å². The molecule has 0 aliphatic heterocycles. The molecule has 1 atom stereocenters. The third-order valence-electron chi connectivity index (χ3n) is 2.11. The molecule has 0 fully saturated rings. The Bertz CT molecular complexity index is 304. The van der Waals surface area contributed by atoms with Crippen LogP contribution in [-0.4, -0.2) is 16.8 Å². The highest BCUT2D eigenvalue weighted by atomic mass is 19.1. The first kappa shape index (κ1) is 11.1. The Morgan fingerprint density at radius 2 is 2.07 bits per heavy atom. The molecule has 0 bridgehead atoms. The monoisotopic (exact) mass is 199 g/mol. The average Bonchev–Trinajstić information content (AvgIpc) is 2.19. The number of halogens is 1. The Balaban J connectivity index is 2.88. The maximum absolute atomic E-state index is 13.0. The Hall–Kier alpha value is -0.970. The van der Waals surface area contributed by atoms with E-state index in [1.54, 1.807) is 6.07 Å². The molecular formula is C10H14FNO2. The van der Waals surface area contributed by atoms with Crippen LogP contribution in [0.2, 0.25) is 0 Å². The highest BCUT2D eigenvalue weighted by Gasteiger charge is 2.08. The van der Waals surface area contributed by atoms with Crippen LogP contribution in [-0.2, 0) is 6.61 Å². The van der Waals surface area contributed by atoms with Crippen molar-refractivity contribution in [1.29, 1.82) is 0 Å². The van der Waals surface area contributed by atoms with Crippen molar-refractivity contribution in [3.8, 4) is 0 Å². The van der Waals surface area contributed by atoms with E-state index in [-0.39, 0.29) is 24.8 Å². The predicted molar refractivity (Wildman–Crippen MR) is 51.0 cm³/mol. The number of hydrogen-bond acceptors (Lipinski definition) is 3. The molecule has 0 amide bonds. The summed E-state index contributed by atoms with van der Waals surface area (Å²) in [4.78, 5) is 0. The van der Waals surface area contributed by atoms with Gasteiger partial charge in [-0.3, -0.25) is 0 Å². The van der Waals surface area contributed by atoms with Crippen molar-refractivity contribution in [2.45, 2.75) is 19.1 Å². The summed E-state index contributed by atoms with van der Waals surface area (Å²) < 4.78 is 13.0. The van der Waals surface area contributed by atoms with Crippen LogP contribution in [0, 0.1) is 5.82 Å². The van der Waals surface area contributed by atoms with E-state index in [4.69, 9.17) is 15.9 Å². The van der Waals surface area contributed by atoms with Gasteiger partial charge in [0, 0.05) is 18.2 Å². The zero-order chi connectivity index (χ0) is 10.6. The number of aliphatic hydroxyl groups is 2. The van der Waals surface area contributed by atoms with E-state index in [9.17, 15) is 4.39 Å². The quantitative estimate of drug-likeness (QED) is 0.668. The largest absolute Gasteiger partial charge is 0.396 e. The van der Waals surface area contributed by atoms with Gasteiger partial charge < -0.3 is 15.9 Å². The van der Waals surface area contributed by atoms with Gasteiger partial charge in [-0.05, 0) is 24.1 Å². The van der Waals surface area contributed by atoms with Gasteiger partial charge in [0.2, 0.25) is 0 Å². The first-order valence-corrected chi connectivity index (χ1v) is 4.44. The van der Waals surface area contributed by atoms with Crippen molar-refractivity contribution < 1.29 is 14.6 Å². The number of rotatable bonds is 4. The van der Waals surface area contributed by atoms with E-state index in [2.05, 4.69) is 0 Å². The molecule has 78 valence electrons. The van der Waals surface area contributed by atoms with Crippen molar-refractivity contribution in [3.05, 3.63) is 35.1 Å². The van der Waals surface area contributed by atoms with E-state index >= 15 is 0 Å². The summed E-state index contributed by atoms with van der Waals surface area (Å²) in [5.74, 6) is -0.438. The minimum absolute atomic E-state index is 0.00694. The second-order valence-electron chi connectivity index (χ2n) is 3.13. The van der Waals surface area contributed by atoms with Gasteiger partial charge in [-0.2, -0.15) is 0 Å². The van der Waals surface area contributed by atoms with Crippen LogP contribution >= 0.6 is 0 Å². The maximum atomic E-state index is 13.0. The zero-order valence-electron chi connectivity index (χ0n) is 7.78. The van der Waals surface area contributed by atoms with Crippen molar-refractivity contribution in [2.24, 2.45) is 5.73 Å². The van der Waals surface area contributed by atoms with Crippen molar-refractivity contribution >= 4 is 0 Å². The van der Waals surface area contributed by atoms with Gasteiger partial charge in [0.1, 0.15) is 5.82 Å². The van der Waals surface area contributed by atoms with Crippen LogP contribution in [0.1, 0.15) is 23.6 Å². The molecule has 0 aliphatic carbocycles. The minimum Gasteiger partial charge on any atom is -0.396 e. The molecule has 1 rings (SSSR count). The SMILES string of the molecule is NC(CCO)c1ccc(F)c(CO)c1. The first-order chi connectivity index (χ1) is 6.69. The summed E-state index contributed by atoms with van der Waals surface area (Å²) in [5.41, 5.74) is 6.67. The van der Waals surface area contributed by atoms with Gasteiger partial charge in [-0.1, -0.05) is 6.07 Å². The molecule has 1 aromatic carbocycles. The zero-order valence-corrected chi connectivity index (χ0v) is 7.78. The fourth-order valence-electron chi connectivity index (χ4n) is 1.25. The van der Waals surface area contributed by atoms with Crippen LogP contribution in [0.4, 0.5) is 4.39 Å². The summed E-state index contributed by atoms with van der Waals surface area (Å²) in [6.45, 7) is -0.349. The summed E-state index contributed by atoms with van der Waals surface area (Å²) in [6.07, 6.45) is 0.427. The van der Waals surface area contributed by atoms with Gasteiger partial charge in [-0.25, -0.2) is 4.39 Å². The Morgan fingerprint density at radius 1 is 1.36 bits per heavy atom. The van der Waals surface area contributed by atoms with Crippen LogP contribution < -0.4 is 5.73 Å². The van der Waals surface area contributed by atoms with Gasteiger partial charge in [0.05, 0.1) is 6.61 Å². The number of aliphatic hydroxyl groups excluding tert-OH is 2. The van der Waals surface area contributed by atoms with E-state index < -0.39 is 5.82 Å². The van der Waals surface area contributed by atoms with Gasteiger partial charge in [0.25, 0.3) is 0 Å². The van der Waals surface area contributed by atoms with Crippen molar-refractivity contribution in [3.63, 3.8) is 0 Å². The molecule has 1 aromatic rings. The maximum Gasteiger partial charge on any atom is 0.128 e. The molecule has 0 saturated heterocycles. The Morgan fingerprint density at radius 3 is 2.64 bits per heavy atom. The lowest BCUT2D eigenvalue weighted by molar-refractivity contribution is 0.273. The molecule has 0 aliphatic rings. The molecule has 0 heterocycles. The summed E-state index contributed by atoms with van der Waals surface area (Å²) in [5, 5.41) is 17.5. The molecule has 14 heavy (non-hydrogen) atoms. The molecule has 3 nitrogen and oxygen atoms in total. The molecule has 0 radical (unpaired) electrons. The van der Waals surface area contributed by atoms with Gasteiger partial charge >= 0.3 is 0 Å². The van der Waals surface area contributed by atoms with Crippen molar-refractivity contribution in [2.75, 3.05) is 6.61 Å². The van der Waals surface area contributed by atoms with Crippen LogP contribution in [0.25, 0.3) is 0 Å². The van der Waals surface area contributed by atoms with E-state index in [1.165, 1.54) is 12.1 Å². The van der Waals surface area contributed by atoms with E-state index in [1.807, 2.05) is 0 Å². The minimum atomic E-state index is -0.438. The third-order valence-corrected chi connectivity index (χ3v) is 2.11. The van der Waals surface area contributed by atoms with Crippen LogP contribution in [0.3, 0.4) is 0 Å². The molecular weight excluding hydrogens is 185 g/mol. The molecule has 1 unspecified atom stereocenters. The topological polar surface area (TPSA) is 66.5 Å². The molecule has 4 heteroatoms. The predicted octanol–water partition coefficient (Wildman–Crippen LogP) is 0.700. The second kappa shape index (κ2) is 5.05. The van der Waals surface area contributed by atoms with E-state index in [0.717, 1.165) is 5.56 Å². The average molecular weight is 199 g/mol. The highest BCUT2D eigenvalue weighted by molar-refractivity contribution is 5.26. The number of nitrogens with two attached hydrogens (primary N) is 1. The van der Waals surface area contributed by atoms with Gasteiger partial charge in [-0.15, -0.1) is 0 Å². The summed E-state index contributed by atoms with van der Waals surface area (Å²) in [6, 6.07) is 4.05. The van der Waals surface area contributed by atoms with E-state index in [0.29, 0.717) is 6.42 Å². The number of hydrogen-bond donors (Lipinski definition) is 3. The lowest BCUT2D eigenvalue weighted by Crippen LogP contribution is -2.12. The Kier molecular flexibility index (Phi) is 4.00. The number of benzene rings is 1. The third kappa shape index (κ3) is 2.51. The first-order valence-electron chi connectivity index (χ1n) is 4.44. The van der Waals surface area contributed by atoms with Crippen molar-refractivity contribution in [1.82, 2.24) is 0 Å². The standard InChI is InChI=1S/C10H14FNO2/c11-9-2-1-7(5-8(9)6-14)10(12)3-4-13/h1-2,5,10,13-14H,3-4,6,12H2.